The van der Waals surface area contributed by atoms with Crippen LogP contribution in [0.25, 0.3) is 0 Å². The van der Waals surface area contributed by atoms with Crippen LogP contribution in [-0.2, 0) is 4.74 Å². The quantitative estimate of drug-likeness (QED) is 0.438. The van der Waals surface area contributed by atoms with Crippen molar-refractivity contribution >= 4 is 0 Å². The molecule has 0 spiro atoms. The van der Waals surface area contributed by atoms with E-state index in [-0.39, 0.29) is 0 Å². The molecule has 2 heteroatoms. The predicted molar refractivity (Wildman–Crippen MR) is 114 cm³/mol. The van der Waals surface area contributed by atoms with Crippen molar-refractivity contribution in [1.29, 1.82) is 0 Å². The van der Waals surface area contributed by atoms with E-state index >= 15 is 0 Å². The van der Waals surface area contributed by atoms with Crippen LogP contribution in [0.3, 0.4) is 0 Å². The Balaban J connectivity index is 1.38. The van der Waals surface area contributed by atoms with E-state index < -0.39 is 0 Å². The van der Waals surface area contributed by atoms with Gasteiger partial charge in [0.15, 0.2) is 0 Å². The topological polar surface area (TPSA) is 12.5 Å². The molecule has 0 aromatic rings. The Labute approximate surface area is 168 Å². The third-order valence-corrected chi connectivity index (χ3v) is 9.68. The number of allylic oxidation sites excluding steroid dienone is 1. The summed E-state index contributed by atoms with van der Waals surface area (Å²) in [5, 5.41) is 0. The zero-order valence-corrected chi connectivity index (χ0v) is 18.4. The minimum absolute atomic E-state index is 0.469. The summed E-state index contributed by atoms with van der Waals surface area (Å²) in [6, 6.07) is 0. The van der Waals surface area contributed by atoms with Crippen molar-refractivity contribution in [2.24, 2.45) is 34.5 Å². The first kappa shape index (κ1) is 20.0. The van der Waals surface area contributed by atoms with Gasteiger partial charge in [-0.2, -0.15) is 0 Å². The Hall–Kier alpha value is -0.340. The summed E-state index contributed by atoms with van der Waals surface area (Å²) >= 11 is 0. The molecule has 0 bridgehead atoms. The molecule has 154 valence electrons. The van der Waals surface area contributed by atoms with Crippen molar-refractivity contribution in [1.82, 2.24) is 4.90 Å². The summed E-state index contributed by atoms with van der Waals surface area (Å²) < 4.78 is 6.32. The van der Waals surface area contributed by atoms with E-state index in [9.17, 15) is 0 Å². The maximum atomic E-state index is 6.32. The molecule has 4 aliphatic rings. The van der Waals surface area contributed by atoms with Crippen molar-refractivity contribution in [3.63, 3.8) is 0 Å². The highest BCUT2D eigenvalue weighted by atomic mass is 16.5. The molecule has 0 N–H and O–H groups in total. The summed E-state index contributed by atoms with van der Waals surface area (Å²) in [7, 11) is 4.30. The Morgan fingerprint density at radius 2 is 1.85 bits per heavy atom. The van der Waals surface area contributed by atoms with Crippen LogP contribution < -0.4 is 0 Å². The number of fused-ring (bicyclic) bond motifs is 5. The van der Waals surface area contributed by atoms with Gasteiger partial charge in [0.25, 0.3) is 0 Å². The van der Waals surface area contributed by atoms with Gasteiger partial charge in [0.1, 0.15) is 0 Å². The lowest BCUT2D eigenvalue weighted by molar-refractivity contribution is -0.126. The standard InChI is InChI=1S/C25H43NO/c1-18-7-10-22-21-9-8-19-17-20(27-16-6-15-26(4)5)11-13-25(19,3)23(21)12-14-24(18,22)2/h19-23H,1,6-17H2,2-5H3. The van der Waals surface area contributed by atoms with E-state index in [4.69, 9.17) is 4.74 Å². The van der Waals surface area contributed by atoms with Crippen LogP contribution in [0.15, 0.2) is 12.2 Å². The van der Waals surface area contributed by atoms with Gasteiger partial charge in [-0.1, -0.05) is 26.0 Å². The second-order valence-electron chi connectivity index (χ2n) is 11.2. The van der Waals surface area contributed by atoms with Gasteiger partial charge in [-0.25, -0.2) is 0 Å². The molecule has 4 aliphatic carbocycles. The van der Waals surface area contributed by atoms with Crippen molar-refractivity contribution < 1.29 is 4.74 Å². The van der Waals surface area contributed by atoms with Crippen LogP contribution in [0.5, 0.6) is 0 Å². The third kappa shape index (κ3) is 3.44. The molecule has 0 amide bonds. The van der Waals surface area contributed by atoms with Gasteiger partial charge in [0, 0.05) is 6.61 Å². The van der Waals surface area contributed by atoms with E-state index in [1.54, 1.807) is 5.57 Å². The molecule has 2 nitrogen and oxygen atoms in total. The summed E-state index contributed by atoms with van der Waals surface area (Å²) in [6.45, 7) is 11.8. The second kappa shape index (κ2) is 7.48. The molecule has 7 unspecified atom stereocenters. The molecular formula is C25H43NO. The molecule has 4 rings (SSSR count). The van der Waals surface area contributed by atoms with Crippen molar-refractivity contribution in [2.75, 3.05) is 27.2 Å². The maximum Gasteiger partial charge on any atom is 0.0578 e. The molecule has 27 heavy (non-hydrogen) atoms. The molecule has 0 aromatic heterocycles. The molecule has 0 radical (unpaired) electrons. The van der Waals surface area contributed by atoms with Crippen molar-refractivity contribution in [2.45, 2.75) is 84.2 Å². The van der Waals surface area contributed by atoms with E-state index in [0.717, 1.165) is 36.8 Å². The van der Waals surface area contributed by atoms with Crippen LogP contribution in [0.2, 0.25) is 0 Å². The first-order chi connectivity index (χ1) is 12.8. The van der Waals surface area contributed by atoms with Crippen molar-refractivity contribution in [3.05, 3.63) is 12.2 Å². The van der Waals surface area contributed by atoms with Crippen LogP contribution >= 0.6 is 0 Å². The molecule has 0 heterocycles. The van der Waals surface area contributed by atoms with Crippen molar-refractivity contribution in [3.8, 4) is 0 Å². The average molecular weight is 374 g/mol. The van der Waals surface area contributed by atoms with Crippen LogP contribution in [0.1, 0.15) is 78.1 Å². The van der Waals surface area contributed by atoms with E-state index in [0.29, 0.717) is 16.9 Å². The lowest BCUT2D eigenvalue weighted by atomic mass is 9.45. The van der Waals surface area contributed by atoms with Gasteiger partial charge < -0.3 is 9.64 Å². The lowest BCUT2D eigenvalue weighted by Crippen LogP contribution is -2.53. The maximum absolute atomic E-state index is 6.32. The summed E-state index contributed by atoms with van der Waals surface area (Å²) in [5.74, 6) is 3.78. The van der Waals surface area contributed by atoms with Gasteiger partial charge in [-0.3, -0.25) is 0 Å². The highest BCUT2D eigenvalue weighted by Crippen LogP contribution is 2.67. The largest absolute Gasteiger partial charge is 0.378 e. The Morgan fingerprint density at radius 3 is 2.63 bits per heavy atom. The van der Waals surface area contributed by atoms with E-state index in [2.05, 4.69) is 39.4 Å². The molecular weight excluding hydrogens is 330 g/mol. The van der Waals surface area contributed by atoms with Crippen LogP contribution in [0, 0.1) is 34.5 Å². The number of hydrogen-bond donors (Lipinski definition) is 0. The first-order valence-electron chi connectivity index (χ1n) is 11.8. The van der Waals surface area contributed by atoms with Gasteiger partial charge in [0.2, 0.25) is 0 Å². The molecule has 4 saturated carbocycles. The Kier molecular flexibility index (Phi) is 5.53. The summed E-state index contributed by atoms with van der Waals surface area (Å²) in [6.07, 6.45) is 14.2. The van der Waals surface area contributed by atoms with Gasteiger partial charge >= 0.3 is 0 Å². The van der Waals surface area contributed by atoms with E-state index in [1.807, 2.05) is 0 Å². The number of nitrogens with zero attached hydrogens (tertiary/aromatic N) is 1. The van der Waals surface area contributed by atoms with Crippen LogP contribution in [-0.4, -0.2) is 38.3 Å². The molecule has 7 atom stereocenters. The SMILES string of the molecule is C=C1CCC2C3CCC4CC(OCCCN(C)C)CCC4(C)C3CCC12C. The smallest absolute Gasteiger partial charge is 0.0578 e. The summed E-state index contributed by atoms with van der Waals surface area (Å²) in [5.41, 5.74) is 2.63. The first-order valence-corrected chi connectivity index (χ1v) is 11.8. The minimum atomic E-state index is 0.469. The fourth-order valence-electron chi connectivity index (χ4n) is 7.91. The predicted octanol–water partition coefficient (Wildman–Crippen LogP) is 5.92. The van der Waals surface area contributed by atoms with Crippen LogP contribution in [0.4, 0.5) is 0 Å². The average Bonchev–Trinajstić information content (AvgIpc) is 2.94. The zero-order valence-electron chi connectivity index (χ0n) is 18.4. The normalized spacial score (nSPS) is 46.9. The number of hydrogen-bond acceptors (Lipinski definition) is 2. The molecule has 4 fully saturated rings. The van der Waals surface area contributed by atoms with E-state index in [1.165, 1.54) is 64.2 Å². The fraction of sp³-hybridized carbons (Fsp3) is 0.920. The highest BCUT2D eigenvalue weighted by Gasteiger charge is 2.58. The number of rotatable bonds is 5. The highest BCUT2D eigenvalue weighted by molar-refractivity contribution is 5.21. The fourth-order valence-corrected chi connectivity index (χ4v) is 7.91. The summed E-state index contributed by atoms with van der Waals surface area (Å²) in [4.78, 5) is 2.26. The monoisotopic (exact) mass is 373 g/mol. The molecule has 0 aromatic carbocycles. The second-order valence-corrected chi connectivity index (χ2v) is 11.2. The Bertz CT molecular complexity index is 557. The molecule has 0 saturated heterocycles. The van der Waals surface area contributed by atoms with Gasteiger partial charge in [-0.05, 0) is 119 Å². The minimum Gasteiger partial charge on any atom is -0.378 e. The van der Waals surface area contributed by atoms with Gasteiger partial charge in [0.05, 0.1) is 6.10 Å². The third-order valence-electron chi connectivity index (χ3n) is 9.68. The van der Waals surface area contributed by atoms with Gasteiger partial charge in [-0.15, -0.1) is 0 Å². The molecule has 0 aliphatic heterocycles. The Morgan fingerprint density at radius 1 is 1.04 bits per heavy atom. The number of ether oxygens (including phenoxy) is 1. The zero-order chi connectivity index (χ0) is 19.2. The lowest BCUT2D eigenvalue weighted by Gasteiger charge is -2.60.